The lowest BCUT2D eigenvalue weighted by Crippen LogP contribution is -2.36. The van der Waals surface area contributed by atoms with E-state index in [1.807, 2.05) is 39.0 Å². The van der Waals surface area contributed by atoms with Crippen LogP contribution in [0.5, 0.6) is 0 Å². The molecule has 0 unspecified atom stereocenters. The van der Waals surface area contributed by atoms with Crippen LogP contribution in [0.1, 0.15) is 16.7 Å². The predicted octanol–water partition coefficient (Wildman–Crippen LogP) is 2.64. The fourth-order valence-corrected chi connectivity index (χ4v) is 4.72. The third kappa shape index (κ3) is 3.93. The fraction of sp³-hybridized carbons (Fsp3) is 0.389. The molecular weight excluding hydrogens is 338 g/mol. The third-order valence-electron chi connectivity index (χ3n) is 4.21. The summed E-state index contributed by atoms with van der Waals surface area (Å²) < 4.78 is 33.5. The molecule has 1 saturated heterocycles. The molecule has 2 aromatic rings. The molecule has 134 valence electrons. The van der Waals surface area contributed by atoms with E-state index >= 15 is 0 Å². The van der Waals surface area contributed by atoms with Crippen molar-refractivity contribution in [1.29, 1.82) is 0 Å². The largest absolute Gasteiger partial charge is 0.378 e. The molecule has 0 aliphatic carbocycles. The number of ether oxygens (including phenoxy) is 1. The van der Waals surface area contributed by atoms with E-state index in [-0.39, 0.29) is 0 Å². The zero-order valence-electron chi connectivity index (χ0n) is 14.7. The smallest absolute Gasteiger partial charge is 0.262 e. The van der Waals surface area contributed by atoms with Crippen LogP contribution in [0.4, 0.5) is 11.5 Å². The Labute approximate surface area is 148 Å². The minimum absolute atomic E-state index is 0.329. The van der Waals surface area contributed by atoms with Gasteiger partial charge in [0.15, 0.2) is 0 Å². The summed E-state index contributed by atoms with van der Waals surface area (Å²) in [6.45, 7) is 8.53. The molecule has 1 aliphatic heterocycles. The van der Waals surface area contributed by atoms with Gasteiger partial charge in [0, 0.05) is 13.1 Å². The minimum atomic E-state index is -3.65. The second-order valence-corrected chi connectivity index (χ2v) is 7.96. The van der Waals surface area contributed by atoms with E-state index in [1.54, 1.807) is 12.3 Å². The maximum absolute atomic E-state index is 12.8. The van der Waals surface area contributed by atoms with Crippen LogP contribution in [0.15, 0.2) is 35.4 Å². The SMILES string of the molecule is Cc1cc(C)c(S(=O)(=O)Nc2ccc(N3CCOCC3)nc2)c(C)c1. The van der Waals surface area contributed by atoms with E-state index < -0.39 is 10.0 Å². The van der Waals surface area contributed by atoms with Crippen molar-refractivity contribution in [1.82, 2.24) is 4.98 Å². The lowest BCUT2D eigenvalue weighted by atomic mass is 10.1. The first kappa shape index (κ1) is 17.7. The maximum Gasteiger partial charge on any atom is 0.262 e. The van der Waals surface area contributed by atoms with Gasteiger partial charge in [-0.25, -0.2) is 13.4 Å². The average Bonchev–Trinajstić information content (AvgIpc) is 2.54. The molecule has 0 saturated carbocycles. The topological polar surface area (TPSA) is 71.5 Å². The van der Waals surface area contributed by atoms with E-state index in [9.17, 15) is 8.42 Å². The number of pyridine rings is 1. The third-order valence-corrected chi connectivity index (χ3v) is 5.89. The molecule has 0 radical (unpaired) electrons. The number of nitrogens with one attached hydrogen (secondary N) is 1. The van der Waals surface area contributed by atoms with Gasteiger partial charge in [-0.3, -0.25) is 4.72 Å². The Morgan fingerprint density at radius 3 is 2.28 bits per heavy atom. The zero-order chi connectivity index (χ0) is 18.0. The number of aryl methyl sites for hydroxylation is 3. The van der Waals surface area contributed by atoms with Crippen molar-refractivity contribution in [3.63, 3.8) is 0 Å². The highest BCUT2D eigenvalue weighted by Crippen LogP contribution is 2.25. The van der Waals surface area contributed by atoms with Gasteiger partial charge in [0.05, 0.1) is 30.0 Å². The lowest BCUT2D eigenvalue weighted by Gasteiger charge is -2.27. The Morgan fingerprint density at radius 1 is 1.08 bits per heavy atom. The summed E-state index contributed by atoms with van der Waals surface area (Å²) in [5.41, 5.74) is 2.98. The van der Waals surface area contributed by atoms with Gasteiger partial charge in [0.1, 0.15) is 5.82 Å². The van der Waals surface area contributed by atoms with Crippen molar-refractivity contribution >= 4 is 21.5 Å². The van der Waals surface area contributed by atoms with E-state index in [1.165, 1.54) is 0 Å². The molecule has 1 N–H and O–H groups in total. The number of sulfonamides is 1. The first-order chi connectivity index (χ1) is 11.9. The molecule has 0 atom stereocenters. The number of hydrogen-bond acceptors (Lipinski definition) is 5. The van der Waals surface area contributed by atoms with E-state index in [2.05, 4.69) is 14.6 Å². The number of benzene rings is 1. The molecule has 7 heteroatoms. The highest BCUT2D eigenvalue weighted by molar-refractivity contribution is 7.92. The van der Waals surface area contributed by atoms with Gasteiger partial charge in [-0.1, -0.05) is 17.7 Å². The summed E-state index contributed by atoms with van der Waals surface area (Å²) in [4.78, 5) is 6.83. The summed E-state index contributed by atoms with van der Waals surface area (Å²) in [6.07, 6.45) is 1.56. The van der Waals surface area contributed by atoms with Crippen LogP contribution in [-0.2, 0) is 14.8 Å². The molecule has 3 rings (SSSR count). The van der Waals surface area contributed by atoms with Crippen molar-refractivity contribution in [3.05, 3.63) is 47.2 Å². The molecule has 0 amide bonds. The van der Waals surface area contributed by atoms with Crippen LogP contribution in [0.3, 0.4) is 0 Å². The first-order valence-corrected chi connectivity index (χ1v) is 9.74. The Kier molecular flexibility index (Phi) is 4.96. The van der Waals surface area contributed by atoms with Gasteiger partial charge in [-0.05, 0) is 44.0 Å². The van der Waals surface area contributed by atoms with Crippen molar-refractivity contribution < 1.29 is 13.2 Å². The minimum Gasteiger partial charge on any atom is -0.378 e. The van der Waals surface area contributed by atoms with Gasteiger partial charge in [0.25, 0.3) is 10.0 Å². The quantitative estimate of drug-likeness (QED) is 0.906. The summed E-state index contributed by atoms with van der Waals surface area (Å²) >= 11 is 0. The number of hydrogen-bond donors (Lipinski definition) is 1. The molecule has 0 bridgehead atoms. The van der Waals surface area contributed by atoms with Crippen molar-refractivity contribution in [2.24, 2.45) is 0 Å². The monoisotopic (exact) mass is 361 g/mol. The van der Waals surface area contributed by atoms with Crippen LogP contribution >= 0.6 is 0 Å². The van der Waals surface area contributed by atoms with Gasteiger partial charge < -0.3 is 9.64 Å². The van der Waals surface area contributed by atoms with Crippen molar-refractivity contribution in [2.75, 3.05) is 35.9 Å². The number of anilines is 2. The molecule has 1 aromatic heterocycles. The summed E-state index contributed by atoms with van der Waals surface area (Å²) in [6, 6.07) is 7.33. The molecule has 2 heterocycles. The summed E-state index contributed by atoms with van der Waals surface area (Å²) in [5.74, 6) is 0.828. The normalized spacial score (nSPS) is 15.2. The Morgan fingerprint density at radius 2 is 1.72 bits per heavy atom. The standard InChI is InChI=1S/C18H23N3O3S/c1-13-10-14(2)18(15(3)11-13)25(22,23)20-16-4-5-17(19-12-16)21-6-8-24-9-7-21/h4-5,10-12,20H,6-9H2,1-3H3. The Bertz CT molecular complexity index is 835. The summed E-state index contributed by atoms with van der Waals surface area (Å²) in [7, 11) is -3.65. The number of morpholine rings is 1. The Hall–Kier alpha value is -2.12. The average molecular weight is 361 g/mol. The van der Waals surface area contributed by atoms with Crippen LogP contribution in [0.25, 0.3) is 0 Å². The van der Waals surface area contributed by atoms with Crippen LogP contribution in [0, 0.1) is 20.8 Å². The fourth-order valence-electron chi connectivity index (χ4n) is 3.22. The number of rotatable bonds is 4. The van der Waals surface area contributed by atoms with Crippen LogP contribution < -0.4 is 9.62 Å². The second kappa shape index (κ2) is 7.01. The van der Waals surface area contributed by atoms with Crippen molar-refractivity contribution in [2.45, 2.75) is 25.7 Å². The molecule has 0 spiro atoms. The molecule has 1 fully saturated rings. The molecule has 25 heavy (non-hydrogen) atoms. The molecule has 1 aromatic carbocycles. The Balaban J connectivity index is 1.82. The predicted molar refractivity (Wildman–Crippen MR) is 98.7 cm³/mol. The zero-order valence-corrected chi connectivity index (χ0v) is 15.6. The first-order valence-electron chi connectivity index (χ1n) is 8.26. The molecule has 1 aliphatic rings. The van der Waals surface area contributed by atoms with E-state index in [0.29, 0.717) is 23.8 Å². The van der Waals surface area contributed by atoms with Crippen molar-refractivity contribution in [3.8, 4) is 0 Å². The van der Waals surface area contributed by atoms with Gasteiger partial charge >= 0.3 is 0 Å². The van der Waals surface area contributed by atoms with Gasteiger partial charge in [-0.2, -0.15) is 0 Å². The highest BCUT2D eigenvalue weighted by atomic mass is 32.2. The second-order valence-electron chi connectivity index (χ2n) is 6.34. The molecular formula is C18H23N3O3S. The molecule has 6 nitrogen and oxygen atoms in total. The van der Waals surface area contributed by atoms with Gasteiger partial charge in [0.2, 0.25) is 0 Å². The lowest BCUT2D eigenvalue weighted by molar-refractivity contribution is 0.122. The van der Waals surface area contributed by atoms with E-state index in [0.717, 1.165) is 35.6 Å². The maximum atomic E-state index is 12.8. The summed E-state index contributed by atoms with van der Waals surface area (Å²) in [5, 5.41) is 0. The van der Waals surface area contributed by atoms with Crippen LogP contribution in [0.2, 0.25) is 0 Å². The van der Waals surface area contributed by atoms with Gasteiger partial charge in [-0.15, -0.1) is 0 Å². The van der Waals surface area contributed by atoms with E-state index in [4.69, 9.17) is 4.74 Å². The number of aromatic nitrogens is 1. The van der Waals surface area contributed by atoms with Crippen LogP contribution in [-0.4, -0.2) is 39.7 Å². The number of nitrogens with zero attached hydrogens (tertiary/aromatic N) is 2. The highest BCUT2D eigenvalue weighted by Gasteiger charge is 2.20.